The van der Waals surface area contributed by atoms with Gasteiger partial charge in [0.25, 0.3) is 5.91 Å². The summed E-state index contributed by atoms with van der Waals surface area (Å²) in [5, 5.41) is 10.7. The molecular weight excluding hydrogens is 600 g/mol. The molecule has 0 bridgehead atoms. The summed E-state index contributed by atoms with van der Waals surface area (Å²) in [6, 6.07) is 0.137. The first kappa shape index (κ1) is 30.1. The van der Waals surface area contributed by atoms with E-state index in [1.165, 1.54) is 29.4 Å². The first-order valence-electron chi connectivity index (χ1n) is 12.5. The molecule has 4 rings (SSSR count). The zero-order chi connectivity index (χ0) is 29.4. The first-order valence-corrected chi connectivity index (χ1v) is 15.2. The highest BCUT2D eigenvalue weighted by atomic mass is 35.5. The fourth-order valence-electron chi connectivity index (χ4n) is 5.15. The Morgan fingerprint density at radius 1 is 1.07 bits per heavy atom. The van der Waals surface area contributed by atoms with Gasteiger partial charge in [0.2, 0.25) is 5.91 Å². The average Bonchev–Trinajstić information content (AvgIpc) is 3.36. The van der Waals surface area contributed by atoms with Gasteiger partial charge in [-0.15, -0.1) is 0 Å². The van der Waals surface area contributed by atoms with E-state index in [9.17, 15) is 34.3 Å². The lowest BCUT2D eigenvalue weighted by Crippen LogP contribution is -2.52. The number of nitriles is 1. The number of likely N-dealkylation sites (tertiary alicyclic amines) is 1. The summed E-state index contributed by atoms with van der Waals surface area (Å²) in [4.78, 5) is 31.6. The summed E-state index contributed by atoms with van der Waals surface area (Å²) in [7, 11) is -10.2. The number of hydrogen-bond acceptors (Lipinski definition) is 5. The van der Waals surface area contributed by atoms with Crippen LogP contribution in [-0.2, 0) is 9.59 Å². The Bertz CT molecular complexity index is 1320. The van der Waals surface area contributed by atoms with Crippen LogP contribution in [0.4, 0.5) is 25.1 Å². The molecule has 1 aliphatic heterocycles. The molecular formula is C25H26Cl2F5N5O2S. The topological polar surface area (TPSA) is 89.3 Å². The van der Waals surface area contributed by atoms with Gasteiger partial charge >= 0.3 is 10.2 Å². The SMILES string of the molecule is N#CN1CCC[C@@H]1C(=O)N(c1c(Cl)cc(S(F)(F)(F)(F)F)cc1Cl)C(C(=O)NC1CCCCC1)c1cccnc1. The Hall–Kier alpha value is -2.82. The van der Waals surface area contributed by atoms with Crippen LogP contribution < -0.4 is 10.2 Å². The standard InChI is InChI=1S/C25H26Cl2F5N5O2S/c26-19-12-18(40(28,29,30,31)32)13-20(27)23(19)37(25(39)21-9-5-11-36(21)15-33)22(16-6-4-10-34-14-16)24(38)35-17-7-2-1-3-8-17/h4,6,10,12-14,17,21-22H,1-3,5,7-9,11H2,(H,35,38)/t21-,22?/m1/s1. The number of nitrogens with one attached hydrogen (secondary N) is 1. The molecule has 2 aromatic rings. The highest BCUT2D eigenvalue weighted by molar-refractivity contribution is 8.45. The molecule has 1 aromatic heterocycles. The minimum Gasteiger partial charge on any atom is -0.351 e. The zero-order valence-electron chi connectivity index (χ0n) is 21.0. The van der Waals surface area contributed by atoms with Crippen LogP contribution in [0.5, 0.6) is 0 Å². The Kier molecular flexibility index (Phi) is 7.94. The van der Waals surface area contributed by atoms with Crippen molar-refractivity contribution in [1.29, 1.82) is 5.26 Å². The Morgan fingerprint density at radius 2 is 1.73 bits per heavy atom. The minimum atomic E-state index is -10.2. The van der Waals surface area contributed by atoms with E-state index >= 15 is 0 Å². The molecule has 7 nitrogen and oxygen atoms in total. The number of amides is 2. The van der Waals surface area contributed by atoms with Gasteiger partial charge in [0, 0.05) is 30.5 Å². The van der Waals surface area contributed by atoms with Gasteiger partial charge in [0.05, 0.1) is 15.7 Å². The van der Waals surface area contributed by atoms with Crippen LogP contribution in [0.25, 0.3) is 0 Å². The predicted octanol–water partition coefficient (Wildman–Crippen LogP) is 7.51. The van der Waals surface area contributed by atoms with Crippen LogP contribution in [0.3, 0.4) is 0 Å². The number of benzene rings is 1. The van der Waals surface area contributed by atoms with E-state index < -0.39 is 54.8 Å². The highest BCUT2D eigenvalue weighted by Gasteiger charge is 2.66. The van der Waals surface area contributed by atoms with E-state index in [0.29, 0.717) is 19.3 Å². The zero-order valence-corrected chi connectivity index (χ0v) is 23.3. The third-order valence-corrected chi connectivity index (χ3v) is 8.74. The second kappa shape index (κ2) is 10.5. The van der Waals surface area contributed by atoms with Gasteiger partial charge < -0.3 is 5.32 Å². The number of rotatable bonds is 7. The minimum absolute atomic E-state index is 0.000652. The van der Waals surface area contributed by atoms with Crippen molar-refractivity contribution in [1.82, 2.24) is 15.2 Å². The molecule has 2 heterocycles. The van der Waals surface area contributed by atoms with Crippen LogP contribution in [0.15, 0.2) is 41.6 Å². The van der Waals surface area contributed by atoms with E-state index in [1.807, 2.05) is 6.19 Å². The first-order chi connectivity index (χ1) is 18.6. The number of halogens is 7. The molecule has 2 aliphatic rings. The van der Waals surface area contributed by atoms with Crippen molar-refractivity contribution < 1.29 is 29.0 Å². The van der Waals surface area contributed by atoms with Gasteiger partial charge in [-0.1, -0.05) is 68.0 Å². The average molecular weight is 626 g/mol. The maximum atomic E-state index is 14.1. The normalized spacial score (nSPS) is 20.6. The molecule has 2 amide bonds. The quantitative estimate of drug-likeness (QED) is 0.254. The van der Waals surface area contributed by atoms with Crippen molar-refractivity contribution in [3.05, 3.63) is 52.3 Å². The van der Waals surface area contributed by atoms with Gasteiger partial charge in [0.1, 0.15) is 17.0 Å². The van der Waals surface area contributed by atoms with Gasteiger partial charge in [0.15, 0.2) is 6.19 Å². The predicted molar refractivity (Wildman–Crippen MR) is 143 cm³/mol. The molecule has 1 unspecified atom stereocenters. The second-order valence-corrected chi connectivity index (χ2v) is 13.1. The maximum absolute atomic E-state index is 14.1. The van der Waals surface area contributed by atoms with Crippen molar-refractivity contribution in [3.63, 3.8) is 0 Å². The third-order valence-electron chi connectivity index (χ3n) is 7.04. The van der Waals surface area contributed by atoms with E-state index in [4.69, 9.17) is 23.2 Å². The van der Waals surface area contributed by atoms with E-state index in [0.717, 1.165) is 24.2 Å². The lowest BCUT2D eigenvalue weighted by atomic mass is 9.94. The largest absolute Gasteiger partial charge is 0.351 e. The summed E-state index contributed by atoms with van der Waals surface area (Å²) < 4.78 is 68.2. The van der Waals surface area contributed by atoms with Gasteiger partial charge in [-0.2, -0.15) is 5.26 Å². The summed E-state index contributed by atoms with van der Waals surface area (Å²) in [5.41, 5.74) is -0.383. The highest BCUT2D eigenvalue weighted by Crippen LogP contribution is 3.02. The van der Waals surface area contributed by atoms with E-state index in [-0.39, 0.29) is 36.7 Å². The van der Waals surface area contributed by atoms with Crippen molar-refractivity contribution in [2.45, 2.75) is 68.0 Å². The molecule has 2 fully saturated rings. The van der Waals surface area contributed by atoms with Gasteiger partial charge in [-0.3, -0.25) is 24.4 Å². The number of carbonyl (C=O) groups is 2. The third kappa shape index (κ3) is 6.56. The number of carbonyl (C=O) groups excluding carboxylic acids is 2. The Balaban J connectivity index is 1.90. The van der Waals surface area contributed by atoms with Crippen LogP contribution in [0, 0.1) is 11.5 Å². The molecule has 2 atom stereocenters. The molecule has 0 spiro atoms. The molecule has 1 N–H and O–H groups in total. The summed E-state index contributed by atoms with van der Waals surface area (Å²) in [6.45, 7) is 0.233. The summed E-state index contributed by atoms with van der Waals surface area (Å²) in [6.07, 6.45) is 9.39. The van der Waals surface area contributed by atoms with Crippen molar-refractivity contribution in [3.8, 4) is 6.19 Å². The monoisotopic (exact) mass is 625 g/mol. The molecule has 1 saturated carbocycles. The number of nitrogens with zero attached hydrogens (tertiary/aromatic N) is 4. The van der Waals surface area contributed by atoms with Crippen LogP contribution in [0.1, 0.15) is 56.6 Å². The fraction of sp³-hybridized carbons (Fsp3) is 0.440. The Morgan fingerprint density at radius 3 is 2.27 bits per heavy atom. The fourth-order valence-corrected chi connectivity index (χ4v) is 6.63. The van der Waals surface area contributed by atoms with Crippen LogP contribution >= 0.6 is 33.4 Å². The molecule has 1 saturated heterocycles. The summed E-state index contributed by atoms with van der Waals surface area (Å²) >= 11 is 12.4. The lowest BCUT2D eigenvalue weighted by molar-refractivity contribution is -0.128. The van der Waals surface area contributed by atoms with Gasteiger partial charge in [-0.25, -0.2) is 0 Å². The van der Waals surface area contributed by atoms with E-state index in [1.54, 1.807) is 0 Å². The maximum Gasteiger partial charge on any atom is 0.310 e. The Labute approximate surface area is 237 Å². The van der Waals surface area contributed by atoms with Crippen LogP contribution in [0.2, 0.25) is 10.0 Å². The number of aromatic nitrogens is 1. The number of hydrogen-bond donors (Lipinski definition) is 1. The smallest absolute Gasteiger partial charge is 0.310 e. The molecule has 0 radical (unpaired) electrons. The molecule has 40 heavy (non-hydrogen) atoms. The number of pyridine rings is 1. The molecule has 15 heteroatoms. The molecule has 1 aliphatic carbocycles. The van der Waals surface area contributed by atoms with E-state index in [2.05, 4.69) is 10.3 Å². The summed E-state index contributed by atoms with van der Waals surface area (Å²) in [5.74, 6) is -1.53. The lowest BCUT2D eigenvalue weighted by Gasteiger charge is -2.41. The molecule has 218 valence electrons. The van der Waals surface area contributed by atoms with Crippen molar-refractivity contribution >= 4 is 50.9 Å². The molecule has 1 aromatic carbocycles. The van der Waals surface area contributed by atoms with Crippen molar-refractivity contribution in [2.24, 2.45) is 0 Å². The van der Waals surface area contributed by atoms with Gasteiger partial charge in [-0.05, 0) is 43.9 Å². The number of anilines is 1. The van der Waals surface area contributed by atoms with Crippen LogP contribution in [-0.4, -0.2) is 40.3 Å². The van der Waals surface area contributed by atoms with Crippen molar-refractivity contribution in [2.75, 3.05) is 11.4 Å². The second-order valence-electron chi connectivity index (χ2n) is 9.90.